The van der Waals surface area contributed by atoms with Crippen molar-refractivity contribution in [1.82, 2.24) is 0 Å². The van der Waals surface area contributed by atoms with Gasteiger partial charge < -0.3 is 9.47 Å². The van der Waals surface area contributed by atoms with Gasteiger partial charge in [-0.1, -0.05) is 49.4 Å². The minimum Gasteiger partial charge on any atom is -0.461 e. The molecule has 2 fully saturated rings. The number of hydrogen-bond acceptors (Lipinski definition) is 3. The molecule has 1 aromatic rings. The van der Waals surface area contributed by atoms with E-state index in [2.05, 4.69) is 21.3 Å². The van der Waals surface area contributed by atoms with Crippen LogP contribution in [0.3, 0.4) is 0 Å². The third-order valence-corrected chi connectivity index (χ3v) is 4.98. The van der Waals surface area contributed by atoms with Crippen molar-refractivity contribution in [1.29, 1.82) is 0 Å². The van der Waals surface area contributed by atoms with E-state index in [4.69, 9.17) is 9.47 Å². The van der Waals surface area contributed by atoms with Gasteiger partial charge in [0, 0.05) is 11.9 Å². The summed E-state index contributed by atoms with van der Waals surface area (Å²) >= 11 is 0. The molecule has 0 aromatic heterocycles. The smallest absolute Gasteiger partial charge is 0.309 e. The Morgan fingerprint density at radius 1 is 1.48 bits per heavy atom. The van der Waals surface area contributed by atoms with Crippen molar-refractivity contribution in [3.8, 4) is 0 Å². The van der Waals surface area contributed by atoms with Crippen LogP contribution < -0.4 is 0 Å². The maximum absolute atomic E-state index is 12.2. The first-order valence-corrected chi connectivity index (χ1v) is 7.57. The summed E-state index contributed by atoms with van der Waals surface area (Å²) in [6.45, 7) is 6.64. The number of carbonyl (C=O) groups excluding carboxylic acids is 1. The Hall–Kier alpha value is -1.55. The van der Waals surface area contributed by atoms with Crippen LogP contribution in [-0.2, 0) is 20.9 Å². The molecule has 2 aliphatic rings. The van der Waals surface area contributed by atoms with Crippen LogP contribution in [0.5, 0.6) is 0 Å². The molecule has 0 amide bonds. The van der Waals surface area contributed by atoms with Gasteiger partial charge in [0.15, 0.2) is 0 Å². The number of benzene rings is 1. The lowest BCUT2D eigenvalue weighted by atomic mass is 9.80. The second-order valence-electron chi connectivity index (χ2n) is 6.36. The number of ether oxygens (including phenoxy) is 2. The van der Waals surface area contributed by atoms with E-state index in [9.17, 15) is 4.79 Å². The first-order chi connectivity index (χ1) is 10.0. The number of fused-ring (bicyclic) bond motifs is 2. The zero-order chi connectivity index (χ0) is 15.0. The number of rotatable bonds is 4. The fourth-order valence-electron chi connectivity index (χ4n) is 3.97. The Kier molecular flexibility index (Phi) is 3.66. The van der Waals surface area contributed by atoms with E-state index >= 15 is 0 Å². The highest BCUT2D eigenvalue weighted by atomic mass is 16.5. The van der Waals surface area contributed by atoms with Crippen LogP contribution in [0.2, 0.25) is 0 Å². The summed E-state index contributed by atoms with van der Waals surface area (Å²) in [5, 5.41) is 0. The molecule has 110 valence electrons. The normalized spacial score (nSPS) is 34.1. The van der Waals surface area contributed by atoms with Crippen molar-refractivity contribution < 1.29 is 14.3 Å². The van der Waals surface area contributed by atoms with Crippen LogP contribution in [-0.4, -0.2) is 25.4 Å². The molecule has 3 rings (SSSR count). The number of carbonyl (C=O) groups is 1. The predicted molar refractivity (Wildman–Crippen MR) is 83.4 cm³/mol. The summed E-state index contributed by atoms with van der Waals surface area (Å²) in [5.41, 5.74) is 1.83. The summed E-state index contributed by atoms with van der Waals surface area (Å²) in [7, 11) is 2.07. The van der Waals surface area contributed by atoms with Gasteiger partial charge in [-0.05, 0) is 17.9 Å². The van der Waals surface area contributed by atoms with Crippen molar-refractivity contribution in [2.45, 2.75) is 38.0 Å². The molecular formula is C17H21BO3. The van der Waals surface area contributed by atoms with Crippen LogP contribution in [0.15, 0.2) is 42.5 Å². The van der Waals surface area contributed by atoms with Gasteiger partial charge in [0.25, 0.3) is 0 Å². The molecule has 1 aliphatic heterocycles. The Labute approximate surface area is 126 Å². The molecular weight excluding hydrogens is 263 g/mol. The second-order valence-corrected chi connectivity index (χ2v) is 6.36. The summed E-state index contributed by atoms with van der Waals surface area (Å²) in [6, 6.07) is 9.90. The standard InChI is InChI=1S/C17H21BO3/c1-11-8-17(12(2)15(11)16(18)21-17)9-14(19)20-10-13-6-4-3-5-7-13/h3-7,12,15-16H,1,8-10,18H2,2H3/t12?,15-,16+,17+/m0/s1. The monoisotopic (exact) mass is 284 g/mol. The second kappa shape index (κ2) is 5.34. The Bertz CT molecular complexity index is 556. The van der Waals surface area contributed by atoms with Crippen LogP contribution in [0.1, 0.15) is 25.3 Å². The molecule has 0 N–H and O–H groups in total. The molecule has 1 unspecified atom stereocenters. The lowest BCUT2D eigenvalue weighted by molar-refractivity contribution is -0.153. The van der Waals surface area contributed by atoms with Crippen molar-refractivity contribution >= 4 is 13.8 Å². The average Bonchev–Trinajstić information content (AvgIpc) is 2.82. The van der Waals surface area contributed by atoms with E-state index in [1.165, 1.54) is 5.57 Å². The third-order valence-electron chi connectivity index (χ3n) is 4.98. The van der Waals surface area contributed by atoms with Crippen LogP contribution in [0.4, 0.5) is 0 Å². The molecule has 4 atom stereocenters. The van der Waals surface area contributed by atoms with Crippen LogP contribution >= 0.6 is 0 Å². The van der Waals surface area contributed by atoms with E-state index in [0.29, 0.717) is 24.9 Å². The van der Waals surface area contributed by atoms with Gasteiger partial charge in [-0.2, -0.15) is 0 Å². The Balaban J connectivity index is 1.61. The third kappa shape index (κ3) is 2.53. The van der Waals surface area contributed by atoms with Gasteiger partial charge >= 0.3 is 5.97 Å². The van der Waals surface area contributed by atoms with Crippen molar-refractivity contribution in [3.05, 3.63) is 48.0 Å². The van der Waals surface area contributed by atoms with Gasteiger partial charge in [0.1, 0.15) is 14.5 Å². The molecule has 2 bridgehead atoms. The molecule has 1 saturated heterocycles. The molecule has 4 heteroatoms. The molecule has 21 heavy (non-hydrogen) atoms. The fourth-order valence-corrected chi connectivity index (χ4v) is 3.97. The summed E-state index contributed by atoms with van der Waals surface area (Å²) in [6.07, 6.45) is 1.10. The first kappa shape index (κ1) is 14.4. The van der Waals surface area contributed by atoms with Crippen molar-refractivity contribution in [2.24, 2.45) is 11.8 Å². The zero-order valence-electron chi connectivity index (χ0n) is 12.7. The lowest BCUT2D eigenvalue weighted by Gasteiger charge is -2.31. The quantitative estimate of drug-likeness (QED) is 0.482. The molecule has 0 spiro atoms. The Morgan fingerprint density at radius 2 is 2.19 bits per heavy atom. The number of esters is 1. The summed E-state index contributed by atoms with van der Waals surface area (Å²) in [5.74, 6) is 0.532. The molecule has 1 saturated carbocycles. The minimum absolute atomic E-state index is 0.156. The maximum Gasteiger partial charge on any atom is 0.309 e. The average molecular weight is 284 g/mol. The molecule has 1 aromatic carbocycles. The van der Waals surface area contributed by atoms with E-state index < -0.39 is 5.60 Å². The van der Waals surface area contributed by atoms with Crippen LogP contribution in [0.25, 0.3) is 0 Å². The topological polar surface area (TPSA) is 35.5 Å². The summed E-state index contributed by atoms with van der Waals surface area (Å²) in [4.78, 5) is 12.2. The zero-order valence-corrected chi connectivity index (χ0v) is 12.7. The SMILES string of the molecule is B[C@@H]1O[C@@]2(CC(=O)OCc3ccccc3)CC(=C)[C@H]1C2C. The molecule has 1 heterocycles. The fraction of sp³-hybridized carbons (Fsp3) is 0.471. The lowest BCUT2D eigenvalue weighted by Crippen LogP contribution is -2.37. The van der Waals surface area contributed by atoms with Gasteiger partial charge in [0.05, 0.1) is 12.0 Å². The summed E-state index contributed by atoms with van der Waals surface area (Å²) < 4.78 is 11.5. The predicted octanol–water partition coefficient (Wildman–Crippen LogP) is 2.06. The maximum atomic E-state index is 12.2. The largest absolute Gasteiger partial charge is 0.461 e. The number of hydrogen-bond donors (Lipinski definition) is 0. The van der Waals surface area contributed by atoms with Crippen LogP contribution in [0, 0.1) is 11.8 Å². The Morgan fingerprint density at radius 3 is 2.81 bits per heavy atom. The van der Waals surface area contributed by atoms with E-state index in [-0.39, 0.29) is 12.0 Å². The van der Waals surface area contributed by atoms with E-state index in [0.717, 1.165) is 12.0 Å². The van der Waals surface area contributed by atoms with E-state index in [1.54, 1.807) is 0 Å². The van der Waals surface area contributed by atoms with Gasteiger partial charge in [-0.15, -0.1) is 0 Å². The molecule has 3 nitrogen and oxygen atoms in total. The highest BCUT2D eigenvalue weighted by Gasteiger charge is 2.58. The van der Waals surface area contributed by atoms with Gasteiger partial charge in [-0.25, -0.2) is 0 Å². The minimum atomic E-state index is -0.394. The molecule has 0 radical (unpaired) electrons. The highest BCUT2D eigenvalue weighted by Crippen LogP contribution is 2.55. The van der Waals surface area contributed by atoms with Gasteiger partial charge in [0.2, 0.25) is 0 Å². The van der Waals surface area contributed by atoms with Gasteiger partial charge in [-0.3, -0.25) is 4.79 Å². The van der Waals surface area contributed by atoms with E-state index in [1.807, 2.05) is 30.3 Å². The molecule has 1 aliphatic carbocycles. The van der Waals surface area contributed by atoms with Crippen molar-refractivity contribution in [2.75, 3.05) is 0 Å². The highest BCUT2D eigenvalue weighted by molar-refractivity contribution is 6.11. The first-order valence-electron chi connectivity index (χ1n) is 7.57. The van der Waals surface area contributed by atoms with Crippen molar-refractivity contribution in [3.63, 3.8) is 0 Å².